The number of carboxylic acids is 1. The fraction of sp³-hybridized carbons (Fsp3) is 0.353. The fourth-order valence-electron chi connectivity index (χ4n) is 2.47. The van der Waals surface area contributed by atoms with Crippen molar-refractivity contribution in [3.63, 3.8) is 0 Å². The van der Waals surface area contributed by atoms with Crippen LogP contribution >= 0.6 is 0 Å². The van der Waals surface area contributed by atoms with Gasteiger partial charge in [0.2, 0.25) is 5.76 Å². The predicted molar refractivity (Wildman–Crippen MR) is 85.9 cm³/mol. The minimum Gasteiger partial charge on any atom is -0.478 e. The lowest BCUT2D eigenvalue weighted by atomic mass is 9.99. The maximum Gasteiger partial charge on any atom is 0.335 e. The summed E-state index contributed by atoms with van der Waals surface area (Å²) in [6.07, 6.45) is 1.86. The first-order valence-electron chi connectivity index (χ1n) is 7.58. The van der Waals surface area contributed by atoms with Gasteiger partial charge in [0.15, 0.2) is 0 Å². The van der Waals surface area contributed by atoms with Crippen molar-refractivity contribution in [3.8, 4) is 0 Å². The van der Waals surface area contributed by atoms with Gasteiger partial charge in [-0.15, -0.1) is 0 Å². The number of nitrogens with zero attached hydrogens (tertiary/aromatic N) is 1. The van der Waals surface area contributed by atoms with Crippen LogP contribution in [0.5, 0.6) is 0 Å². The van der Waals surface area contributed by atoms with Gasteiger partial charge in [-0.1, -0.05) is 19.0 Å². The van der Waals surface area contributed by atoms with Crippen LogP contribution in [0.15, 0.2) is 28.8 Å². The number of nitrogens with one attached hydrogen (secondary N) is 1. The van der Waals surface area contributed by atoms with Crippen molar-refractivity contribution >= 4 is 17.6 Å². The highest BCUT2D eigenvalue weighted by molar-refractivity contribution is 6.02. The van der Waals surface area contributed by atoms with E-state index in [0.29, 0.717) is 11.3 Å². The summed E-state index contributed by atoms with van der Waals surface area (Å²) in [4.78, 5) is 23.2. The van der Waals surface area contributed by atoms with Gasteiger partial charge in [-0.05, 0) is 43.5 Å². The number of hydrogen-bond acceptors (Lipinski definition) is 4. The number of carbonyl (C=O) groups is 2. The highest BCUT2D eigenvalue weighted by Gasteiger charge is 2.18. The molecule has 0 aliphatic rings. The molecule has 0 unspecified atom stereocenters. The fourth-order valence-corrected chi connectivity index (χ4v) is 2.47. The van der Waals surface area contributed by atoms with Crippen LogP contribution in [0.2, 0.25) is 0 Å². The van der Waals surface area contributed by atoms with E-state index < -0.39 is 11.9 Å². The van der Waals surface area contributed by atoms with Gasteiger partial charge in [0.05, 0.1) is 11.3 Å². The van der Waals surface area contributed by atoms with Gasteiger partial charge >= 0.3 is 5.97 Å². The molecule has 0 atom stereocenters. The van der Waals surface area contributed by atoms with Crippen molar-refractivity contribution in [3.05, 3.63) is 46.8 Å². The van der Waals surface area contributed by atoms with Gasteiger partial charge in [0.25, 0.3) is 5.91 Å². The molecule has 1 amide bonds. The van der Waals surface area contributed by atoms with Crippen LogP contribution in [0, 0.1) is 6.92 Å². The Morgan fingerprint density at radius 1 is 1.26 bits per heavy atom. The van der Waals surface area contributed by atoms with Crippen LogP contribution < -0.4 is 5.32 Å². The van der Waals surface area contributed by atoms with E-state index in [4.69, 9.17) is 9.63 Å². The number of benzene rings is 1. The molecule has 6 heteroatoms. The van der Waals surface area contributed by atoms with Crippen molar-refractivity contribution in [2.75, 3.05) is 5.32 Å². The topological polar surface area (TPSA) is 92.4 Å². The van der Waals surface area contributed by atoms with Crippen molar-refractivity contribution in [2.45, 2.75) is 39.5 Å². The molecular weight excluding hydrogens is 296 g/mol. The van der Waals surface area contributed by atoms with Gasteiger partial charge in [0.1, 0.15) is 0 Å². The molecule has 122 valence electrons. The number of aromatic carboxylic acids is 1. The normalized spacial score (nSPS) is 10.8. The Hall–Kier alpha value is -2.63. The molecule has 0 spiro atoms. The molecule has 2 aromatic rings. The lowest BCUT2D eigenvalue weighted by molar-refractivity contribution is 0.0696. The van der Waals surface area contributed by atoms with Crippen molar-refractivity contribution in [2.24, 2.45) is 0 Å². The SMILES string of the molecule is CCC(CC)c1cc(C(=O)Nc2ccc(C(=O)O)c(C)c2)on1. The van der Waals surface area contributed by atoms with E-state index in [0.717, 1.165) is 18.5 Å². The maximum absolute atomic E-state index is 12.2. The molecule has 0 saturated carbocycles. The van der Waals surface area contributed by atoms with E-state index >= 15 is 0 Å². The highest BCUT2D eigenvalue weighted by Crippen LogP contribution is 2.23. The van der Waals surface area contributed by atoms with Crippen LogP contribution in [0.4, 0.5) is 5.69 Å². The molecule has 0 aliphatic heterocycles. The minimum absolute atomic E-state index is 0.145. The van der Waals surface area contributed by atoms with E-state index in [1.165, 1.54) is 6.07 Å². The Morgan fingerprint density at radius 3 is 2.52 bits per heavy atom. The number of amides is 1. The predicted octanol–water partition coefficient (Wildman–Crippen LogP) is 3.84. The summed E-state index contributed by atoms with van der Waals surface area (Å²) in [6.45, 7) is 5.81. The van der Waals surface area contributed by atoms with Crippen LogP contribution in [-0.2, 0) is 0 Å². The molecule has 1 aromatic heterocycles. The van der Waals surface area contributed by atoms with Crippen molar-refractivity contribution in [1.29, 1.82) is 0 Å². The number of carbonyl (C=O) groups excluding carboxylic acids is 1. The summed E-state index contributed by atoms with van der Waals surface area (Å²) in [5.41, 5.74) is 2.07. The number of carboxylic acid groups (broad SMARTS) is 1. The summed E-state index contributed by atoms with van der Waals surface area (Å²) >= 11 is 0. The third-order valence-corrected chi connectivity index (χ3v) is 3.87. The van der Waals surface area contributed by atoms with Crippen LogP contribution in [0.25, 0.3) is 0 Å². The average molecular weight is 316 g/mol. The second-order valence-electron chi connectivity index (χ2n) is 5.42. The molecule has 0 aliphatic carbocycles. The van der Waals surface area contributed by atoms with E-state index in [2.05, 4.69) is 24.3 Å². The Morgan fingerprint density at radius 2 is 1.96 bits per heavy atom. The van der Waals surface area contributed by atoms with Gasteiger partial charge in [-0.3, -0.25) is 4.79 Å². The number of anilines is 1. The Kier molecular flexibility index (Phi) is 5.16. The number of hydrogen-bond donors (Lipinski definition) is 2. The lowest BCUT2D eigenvalue weighted by Crippen LogP contribution is -2.11. The molecule has 1 heterocycles. The highest BCUT2D eigenvalue weighted by atomic mass is 16.5. The first-order valence-corrected chi connectivity index (χ1v) is 7.58. The first kappa shape index (κ1) is 16.7. The molecule has 1 aromatic carbocycles. The van der Waals surface area contributed by atoms with E-state index in [1.807, 2.05) is 0 Å². The maximum atomic E-state index is 12.2. The van der Waals surface area contributed by atoms with Crippen LogP contribution in [-0.4, -0.2) is 22.1 Å². The smallest absolute Gasteiger partial charge is 0.335 e. The monoisotopic (exact) mass is 316 g/mol. The van der Waals surface area contributed by atoms with E-state index in [9.17, 15) is 9.59 Å². The van der Waals surface area contributed by atoms with Gasteiger partial charge in [-0.2, -0.15) is 0 Å². The van der Waals surface area contributed by atoms with E-state index in [-0.39, 0.29) is 17.2 Å². The standard InChI is InChI=1S/C17H20N2O4/c1-4-11(5-2)14-9-15(23-19-14)16(20)18-12-6-7-13(17(21)22)10(3)8-12/h6-9,11H,4-5H2,1-3H3,(H,18,20)(H,21,22). The zero-order valence-corrected chi connectivity index (χ0v) is 13.4. The summed E-state index contributed by atoms with van der Waals surface area (Å²) < 4.78 is 5.12. The van der Waals surface area contributed by atoms with Crippen molar-refractivity contribution in [1.82, 2.24) is 5.16 Å². The molecule has 6 nitrogen and oxygen atoms in total. The summed E-state index contributed by atoms with van der Waals surface area (Å²) in [6, 6.07) is 6.28. The third kappa shape index (κ3) is 3.77. The van der Waals surface area contributed by atoms with Crippen LogP contribution in [0.1, 0.15) is 64.8 Å². The van der Waals surface area contributed by atoms with Crippen molar-refractivity contribution < 1.29 is 19.2 Å². The largest absolute Gasteiger partial charge is 0.478 e. The molecule has 0 bridgehead atoms. The van der Waals surface area contributed by atoms with Crippen LogP contribution in [0.3, 0.4) is 0 Å². The summed E-state index contributed by atoms with van der Waals surface area (Å²) in [5.74, 6) is -0.980. The zero-order valence-electron chi connectivity index (χ0n) is 13.4. The van der Waals surface area contributed by atoms with E-state index in [1.54, 1.807) is 25.1 Å². The number of rotatable bonds is 6. The van der Waals surface area contributed by atoms with Gasteiger partial charge in [0, 0.05) is 17.7 Å². The number of aromatic nitrogens is 1. The summed E-state index contributed by atoms with van der Waals surface area (Å²) in [7, 11) is 0. The molecule has 2 rings (SSSR count). The minimum atomic E-state index is -0.995. The second kappa shape index (κ2) is 7.09. The number of aryl methyl sites for hydroxylation is 1. The zero-order chi connectivity index (χ0) is 17.0. The first-order chi connectivity index (χ1) is 11.0. The molecule has 0 fully saturated rings. The Labute approximate surface area is 134 Å². The molecule has 0 saturated heterocycles. The quantitative estimate of drug-likeness (QED) is 0.844. The molecule has 23 heavy (non-hydrogen) atoms. The van der Waals surface area contributed by atoms with Gasteiger partial charge in [-0.25, -0.2) is 4.79 Å². The Bertz CT molecular complexity index is 717. The average Bonchev–Trinajstić information content (AvgIpc) is 2.98. The lowest BCUT2D eigenvalue weighted by Gasteiger charge is -2.06. The second-order valence-corrected chi connectivity index (χ2v) is 5.42. The summed E-state index contributed by atoms with van der Waals surface area (Å²) in [5, 5.41) is 15.7. The van der Waals surface area contributed by atoms with Gasteiger partial charge < -0.3 is 14.9 Å². The molecule has 2 N–H and O–H groups in total. The Balaban J connectivity index is 2.13. The molecule has 0 radical (unpaired) electrons. The third-order valence-electron chi connectivity index (χ3n) is 3.87. The molecular formula is C17H20N2O4.